The van der Waals surface area contributed by atoms with Gasteiger partial charge in [-0.3, -0.25) is 4.79 Å². The molecule has 38 heavy (non-hydrogen) atoms. The van der Waals surface area contributed by atoms with E-state index in [4.69, 9.17) is 9.51 Å². The molecular formula is C30H33FN4O3. The molecule has 0 radical (unpaired) electrons. The highest BCUT2D eigenvalue weighted by Gasteiger charge is 2.39. The number of carbonyl (C=O) groups excluding carboxylic acids is 1. The van der Waals surface area contributed by atoms with Crippen LogP contribution in [0.3, 0.4) is 0 Å². The van der Waals surface area contributed by atoms with Crippen molar-refractivity contribution < 1.29 is 18.8 Å². The summed E-state index contributed by atoms with van der Waals surface area (Å²) in [5, 5.41) is 14.7. The van der Waals surface area contributed by atoms with Crippen LogP contribution in [0.1, 0.15) is 80.4 Å². The van der Waals surface area contributed by atoms with Crippen molar-refractivity contribution in [2.45, 2.75) is 83.9 Å². The Kier molecular flexibility index (Phi) is 5.90. The molecule has 0 spiro atoms. The van der Waals surface area contributed by atoms with Crippen molar-refractivity contribution >= 4 is 22.6 Å². The smallest absolute Gasteiger partial charge is 0.227 e. The molecule has 2 fully saturated rings. The minimum absolute atomic E-state index is 0.0279. The number of nitrogens with zero attached hydrogens (tertiary/aromatic N) is 4. The van der Waals surface area contributed by atoms with E-state index in [0.717, 1.165) is 52.3 Å². The molecule has 0 bridgehead atoms. The normalized spacial score (nSPS) is 24.1. The van der Waals surface area contributed by atoms with Gasteiger partial charge < -0.3 is 19.1 Å². The predicted octanol–water partition coefficient (Wildman–Crippen LogP) is 6.49. The molecular weight excluding hydrogens is 483 g/mol. The van der Waals surface area contributed by atoms with Gasteiger partial charge in [-0.2, -0.15) is 0 Å². The fourth-order valence-electron chi connectivity index (χ4n) is 6.25. The summed E-state index contributed by atoms with van der Waals surface area (Å²) in [6, 6.07) is 11.0. The van der Waals surface area contributed by atoms with E-state index < -0.39 is 5.60 Å². The largest absolute Gasteiger partial charge is 0.390 e. The highest BCUT2D eigenvalue weighted by molar-refractivity contribution is 5.96. The number of fused-ring (bicyclic) bond motifs is 1. The second kappa shape index (κ2) is 9.05. The Balaban J connectivity index is 1.50. The quantitative estimate of drug-likeness (QED) is 0.335. The number of anilines is 1. The van der Waals surface area contributed by atoms with Gasteiger partial charge in [0.1, 0.15) is 17.4 Å². The molecule has 1 aliphatic heterocycles. The molecule has 7 nitrogen and oxygen atoms in total. The Morgan fingerprint density at radius 3 is 2.53 bits per heavy atom. The first kappa shape index (κ1) is 24.8. The van der Waals surface area contributed by atoms with Crippen molar-refractivity contribution in [2.75, 3.05) is 4.90 Å². The first-order valence-electron chi connectivity index (χ1n) is 13.4. The van der Waals surface area contributed by atoms with Crippen LogP contribution in [0.15, 0.2) is 40.9 Å². The van der Waals surface area contributed by atoms with E-state index >= 15 is 0 Å². The number of halogens is 1. The van der Waals surface area contributed by atoms with Crippen molar-refractivity contribution in [3.63, 3.8) is 0 Å². The number of amides is 1. The summed E-state index contributed by atoms with van der Waals surface area (Å²) >= 11 is 0. The molecule has 1 atom stereocenters. The van der Waals surface area contributed by atoms with E-state index in [-0.39, 0.29) is 23.8 Å². The average Bonchev–Trinajstić information content (AvgIpc) is 3.55. The van der Waals surface area contributed by atoms with Crippen LogP contribution >= 0.6 is 0 Å². The summed E-state index contributed by atoms with van der Waals surface area (Å²) < 4.78 is 22.2. The minimum atomic E-state index is -0.668. The third kappa shape index (κ3) is 4.11. The van der Waals surface area contributed by atoms with Crippen molar-refractivity contribution in [3.8, 4) is 11.1 Å². The fourth-order valence-corrected chi connectivity index (χ4v) is 6.25. The Morgan fingerprint density at radius 1 is 1.08 bits per heavy atom. The fraction of sp³-hybridized carbons (Fsp3) is 0.433. The van der Waals surface area contributed by atoms with Crippen LogP contribution < -0.4 is 4.90 Å². The molecule has 6 rings (SSSR count). The van der Waals surface area contributed by atoms with Crippen LogP contribution in [0.5, 0.6) is 0 Å². The van der Waals surface area contributed by atoms with Crippen LogP contribution in [-0.4, -0.2) is 31.3 Å². The first-order chi connectivity index (χ1) is 18.1. The number of benzene rings is 2. The number of aryl methyl sites for hydroxylation is 3. The Hall–Kier alpha value is -3.52. The zero-order chi connectivity index (χ0) is 26.8. The van der Waals surface area contributed by atoms with Crippen molar-refractivity contribution in [3.05, 3.63) is 65.1 Å². The number of aromatic nitrogens is 3. The van der Waals surface area contributed by atoms with E-state index in [0.29, 0.717) is 36.9 Å². The van der Waals surface area contributed by atoms with Gasteiger partial charge in [-0.05, 0) is 95.2 Å². The van der Waals surface area contributed by atoms with Crippen LogP contribution in [0.25, 0.3) is 22.2 Å². The number of hydrogen-bond donors (Lipinski definition) is 1. The SMILES string of the molecule is Cc1ccc(N2C(=O)CC[C@H]2c2nc3cc(-c4c(C)noc4C)ccc3n2C2CCC(C)(O)CC2)cc1F. The molecule has 3 heterocycles. The minimum Gasteiger partial charge on any atom is -0.390 e. The van der Waals surface area contributed by atoms with E-state index in [1.54, 1.807) is 17.9 Å². The van der Waals surface area contributed by atoms with Gasteiger partial charge in [-0.15, -0.1) is 0 Å². The van der Waals surface area contributed by atoms with E-state index in [1.807, 2.05) is 26.8 Å². The first-order valence-corrected chi connectivity index (χ1v) is 13.4. The summed E-state index contributed by atoms with van der Waals surface area (Å²) in [5.74, 6) is 1.21. The Labute approximate surface area is 221 Å². The molecule has 8 heteroatoms. The number of aliphatic hydroxyl groups is 1. The number of imidazole rings is 1. The lowest BCUT2D eigenvalue weighted by atomic mass is 9.83. The maximum Gasteiger partial charge on any atom is 0.227 e. The predicted molar refractivity (Wildman–Crippen MR) is 143 cm³/mol. The van der Waals surface area contributed by atoms with Crippen LogP contribution in [0.2, 0.25) is 0 Å². The van der Waals surface area contributed by atoms with E-state index in [2.05, 4.69) is 27.9 Å². The topological polar surface area (TPSA) is 84.4 Å². The van der Waals surface area contributed by atoms with Crippen LogP contribution in [0, 0.1) is 26.6 Å². The number of hydrogen-bond acceptors (Lipinski definition) is 5. The third-order valence-corrected chi connectivity index (χ3v) is 8.38. The van der Waals surface area contributed by atoms with E-state index in [9.17, 15) is 14.3 Å². The molecule has 2 aliphatic rings. The molecule has 4 aromatic rings. The van der Waals surface area contributed by atoms with E-state index in [1.165, 1.54) is 6.07 Å². The van der Waals surface area contributed by atoms with Gasteiger partial charge >= 0.3 is 0 Å². The molecule has 0 unspecified atom stereocenters. The van der Waals surface area contributed by atoms with Crippen molar-refractivity contribution in [2.24, 2.45) is 0 Å². The van der Waals surface area contributed by atoms with Gasteiger partial charge in [0.15, 0.2) is 0 Å². The maximum absolute atomic E-state index is 14.5. The second-order valence-corrected chi connectivity index (χ2v) is 11.2. The van der Waals surface area contributed by atoms with Gasteiger partial charge in [0.05, 0.1) is 28.4 Å². The molecule has 1 saturated carbocycles. The number of rotatable bonds is 4. The summed E-state index contributed by atoms with van der Waals surface area (Å²) in [6.45, 7) is 7.45. The highest BCUT2D eigenvalue weighted by atomic mass is 19.1. The average molecular weight is 517 g/mol. The maximum atomic E-state index is 14.5. The zero-order valence-electron chi connectivity index (χ0n) is 22.3. The molecule has 2 aromatic heterocycles. The summed E-state index contributed by atoms with van der Waals surface area (Å²) in [5.41, 5.74) is 5.04. The lowest BCUT2D eigenvalue weighted by molar-refractivity contribution is -0.117. The summed E-state index contributed by atoms with van der Waals surface area (Å²) in [4.78, 5) is 20.0. The summed E-state index contributed by atoms with van der Waals surface area (Å²) in [7, 11) is 0. The Bertz CT molecular complexity index is 1520. The molecule has 1 N–H and O–H groups in total. The van der Waals surface area contributed by atoms with Gasteiger partial charge in [0.2, 0.25) is 5.91 Å². The monoisotopic (exact) mass is 516 g/mol. The molecule has 1 saturated heterocycles. The summed E-state index contributed by atoms with van der Waals surface area (Å²) in [6.07, 6.45) is 4.02. The van der Waals surface area contributed by atoms with Crippen LogP contribution in [0.4, 0.5) is 10.1 Å². The number of carbonyl (C=O) groups is 1. The van der Waals surface area contributed by atoms with Gasteiger partial charge in [0.25, 0.3) is 0 Å². The van der Waals surface area contributed by atoms with Crippen LogP contribution in [-0.2, 0) is 4.79 Å². The standard InChI is InChI=1S/C30H33FN4O3/c1-17-5-7-22(16-23(17)31)34-26(9-10-27(34)36)29-32-24-15-20(28-18(2)33-38-19(28)3)6-8-25(24)35(29)21-11-13-30(4,37)14-12-21/h5-8,15-16,21,26,37H,9-14H2,1-4H3/t21?,26-,30?/m0/s1. The highest BCUT2D eigenvalue weighted by Crippen LogP contribution is 2.43. The molecule has 198 valence electrons. The lowest BCUT2D eigenvalue weighted by Gasteiger charge is -2.35. The van der Waals surface area contributed by atoms with Gasteiger partial charge in [0, 0.05) is 23.7 Å². The zero-order valence-corrected chi connectivity index (χ0v) is 22.3. The van der Waals surface area contributed by atoms with Crippen molar-refractivity contribution in [1.29, 1.82) is 0 Å². The van der Waals surface area contributed by atoms with Gasteiger partial charge in [-0.25, -0.2) is 9.37 Å². The second-order valence-electron chi connectivity index (χ2n) is 11.2. The van der Waals surface area contributed by atoms with Gasteiger partial charge in [-0.1, -0.05) is 17.3 Å². The molecule has 1 aliphatic carbocycles. The lowest BCUT2D eigenvalue weighted by Crippen LogP contribution is -2.33. The van der Waals surface area contributed by atoms with Crippen molar-refractivity contribution in [1.82, 2.24) is 14.7 Å². The third-order valence-electron chi connectivity index (χ3n) is 8.38. The molecule has 1 amide bonds. The Morgan fingerprint density at radius 2 is 1.84 bits per heavy atom. The molecule has 2 aromatic carbocycles.